The van der Waals surface area contributed by atoms with Gasteiger partial charge in [-0.25, -0.2) is 0 Å². The van der Waals surface area contributed by atoms with Gasteiger partial charge in [0, 0.05) is 37.8 Å². The van der Waals surface area contributed by atoms with Crippen molar-refractivity contribution in [2.75, 3.05) is 0 Å². The van der Waals surface area contributed by atoms with E-state index >= 15 is 0 Å². The maximum Gasteiger partial charge on any atom is 4.00 e. The first kappa shape index (κ1) is 40.6. The Morgan fingerprint density at radius 2 is 0.951 bits per heavy atom. The predicted octanol–water partition coefficient (Wildman–Crippen LogP) is 8.99. The van der Waals surface area contributed by atoms with Gasteiger partial charge in [-0.1, -0.05) is 30.3 Å². The van der Waals surface area contributed by atoms with Crippen molar-refractivity contribution < 1.29 is 26.2 Å². The van der Waals surface area contributed by atoms with E-state index in [1.165, 1.54) is 0 Å². The van der Waals surface area contributed by atoms with Gasteiger partial charge in [0.25, 0.3) is 0 Å². The van der Waals surface area contributed by atoms with Crippen molar-refractivity contribution >= 4 is 26.3 Å². The molecule has 2 fully saturated rings. The molecule has 6 heteroatoms. The third kappa shape index (κ3) is 16.8. The molecule has 0 aliphatic heterocycles. The third-order valence-electron chi connectivity index (χ3n) is 5.57. The molecular formula is C35H48N3PSZr+2. The van der Waals surface area contributed by atoms with E-state index in [4.69, 9.17) is 18.0 Å². The van der Waals surface area contributed by atoms with E-state index in [1.54, 1.807) is 0 Å². The number of hydrogen-bond donors (Lipinski definition) is 1. The van der Waals surface area contributed by atoms with Crippen molar-refractivity contribution in [2.24, 2.45) is 0 Å². The first-order valence-electron chi connectivity index (χ1n) is 14.1. The minimum atomic E-state index is -0.864. The Morgan fingerprint density at radius 1 is 0.610 bits per heavy atom. The van der Waals surface area contributed by atoms with E-state index in [0.29, 0.717) is 29.6 Å². The summed E-state index contributed by atoms with van der Waals surface area (Å²) in [5.41, 5.74) is 1.61. The Morgan fingerprint density at radius 3 is 1.20 bits per heavy atom. The second-order valence-electron chi connectivity index (χ2n) is 10.3. The minimum Gasteiger partial charge on any atom is -0.780 e. The molecule has 0 saturated heterocycles. The molecule has 1 N–H and O–H groups in total. The van der Waals surface area contributed by atoms with E-state index < -0.39 is 8.22 Å². The summed E-state index contributed by atoms with van der Waals surface area (Å²) in [6.07, 6.45) is 20.0. The monoisotopic (exact) mass is 663 g/mol. The molecule has 0 unspecified atom stereocenters. The molecule has 10 radical (unpaired) electrons. The second-order valence-corrected chi connectivity index (χ2v) is 12.7. The zero-order valence-corrected chi connectivity index (χ0v) is 30.2. The summed E-state index contributed by atoms with van der Waals surface area (Å²) in [6, 6.07) is 22.3. The van der Waals surface area contributed by atoms with Crippen LogP contribution in [0.25, 0.3) is 0 Å². The Balaban J connectivity index is 0.000000705. The summed E-state index contributed by atoms with van der Waals surface area (Å²) in [7, 11) is -0.864. The van der Waals surface area contributed by atoms with E-state index in [1.807, 2.05) is 119 Å². The summed E-state index contributed by atoms with van der Waals surface area (Å²) in [5.74, 6) is 0. The normalized spacial score (nSPS) is 14.4. The maximum atomic E-state index is 8.94. The summed E-state index contributed by atoms with van der Waals surface area (Å²) >= 11 is 4.81. The quantitative estimate of drug-likeness (QED) is 0.132. The molecule has 3 nitrogen and oxygen atoms in total. The molecule has 2 aromatic rings. The maximum absolute atomic E-state index is 8.94. The van der Waals surface area contributed by atoms with Crippen LogP contribution in [-0.2, 0) is 38.8 Å². The molecular weight excluding hydrogens is 617 g/mol. The molecule has 0 aromatic heterocycles. The fraction of sp³-hybridized carbons (Fsp3) is 0.343. The largest absolute Gasteiger partial charge is 4.00 e. The van der Waals surface area contributed by atoms with E-state index in [9.17, 15) is 0 Å². The number of hydrogen-bond acceptors (Lipinski definition) is 4. The van der Waals surface area contributed by atoms with Gasteiger partial charge in [0.2, 0.25) is 0 Å². The number of rotatable bonds is 8. The van der Waals surface area contributed by atoms with Crippen molar-refractivity contribution in [3.8, 4) is 0 Å². The van der Waals surface area contributed by atoms with E-state index in [2.05, 4.69) is 70.8 Å². The SMILES string of the molecule is CC(C)N(C(C)C)P(C(=N)c1[c-]cccc1)N(C(C)C)C(C)C.[CH]1[CH][CH][CH][CH]1.[CH]1[CH][CH][CH][CH]1.[S-]c1ccccc1.[Zr+4]. The van der Waals surface area contributed by atoms with Gasteiger partial charge in [-0.2, -0.15) is 4.90 Å². The van der Waals surface area contributed by atoms with Crippen LogP contribution >= 0.6 is 8.22 Å². The van der Waals surface area contributed by atoms with Crippen molar-refractivity contribution in [1.82, 2.24) is 9.34 Å². The van der Waals surface area contributed by atoms with Crippen LogP contribution in [-0.4, -0.2) is 39.0 Å². The molecule has 0 atom stereocenters. The molecule has 2 saturated carbocycles. The van der Waals surface area contributed by atoms with Crippen molar-refractivity contribution in [1.29, 1.82) is 5.41 Å². The zero-order chi connectivity index (χ0) is 29.9. The Labute approximate surface area is 280 Å². The number of benzene rings is 2. The van der Waals surface area contributed by atoms with Crippen LogP contribution in [0.5, 0.6) is 0 Å². The van der Waals surface area contributed by atoms with Gasteiger partial charge in [0.15, 0.2) is 0 Å². The molecule has 41 heavy (non-hydrogen) atoms. The molecule has 216 valence electrons. The zero-order valence-electron chi connectivity index (χ0n) is 26.0. The Kier molecular flexibility index (Phi) is 23.7. The summed E-state index contributed by atoms with van der Waals surface area (Å²) in [5, 5.41) is 8.94. The van der Waals surface area contributed by atoms with Gasteiger partial charge in [0.05, 0.1) is 0 Å². The van der Waals surface area contributed by atoms with Crippen molar-refractivity contribution in [2.45, 2.75) is 84.5 Å². The molecule has 0 heterocycles. The van der Waals surface area contributed by atoms with Gasteiger partial charge in [0.1, 0.15) is 0 Å². The van der Waals surface area contributed by atoms with E-state index in [-0.39, 0.29) is 26.2 Å². The smallest absolute Gasteiger partial charge is 0.780 e. The topological polar surface area (TPSA) is 30.3 Å². The molecule has 2 aliphatic carbocycles. The first-order valence-corrected chi connectivity index (χ1v) is 15.7. The first-order chi connectivity index (χ1) is 19.1. The van der Waals surface area contributed by atoms with Gasteiger partial charge in [-0.15, -0.1) is 35.9 Å². The fourth-order valence-corrected chi connectivity index (χ4v) is 7.09. The second kappa shape index (κ2) is 24.0. The summed E-state index contributed by atoms with van der Waals surface area (Å²) < 4.78 is 5.00. The molecule has 2 aliphatic rings. The summed E-state index contributed by atoms with van der Waals surface area (Å²) in [4.78, 5) is 0.905. The fourth-order valence-electron chi connectivity index (χ4n) is 4.13. The van der Waals surface area contributed by atoms with Crippen LogP contribution in [0.15, 0.2) is 59.5 Å². The number of nitrogens with zero attached hydrogens (tertiary/aromatic N) is 2. The third-order valence-corrected chi connectivity index (χ3v) is 9.21. The molecule has 0 bridgehead atoms. The van der Waals surface area contributed by atoms with Crippen molar-refractivity contribution in [3.05, 3.63) is 130 Å². The summed E-state index contributed by atoms with van der Waals surface area (Å²) in [6.45, 7) is 17.9. The molecule has 2 aromatic carbocycles. The standard InChI is InChI=1S/C19H33N3P.C6H6S.2C5H5.Zr/c1-14(2)21(15(3)4)23(22(16(5)6)17(7)8)19(20)18-12-10-9-11-13-18;7-6-4-2-1-3-5-6;2*1-2-4-5-3-1;/h9-12,14-17,20H,1-8H3;1-5,7H;2*1-5H;/q-1;;;;+4/p-1. The van der Waals surface area contributed by atoms with Gasteiger partial charge in [-0.3, -0.25) is 9.34 Å². The van der Waals surface area contributed by atoms with Crippen molar-refractivity contribution in [3.63, 3.8) is 0 Å². The molecule has 0 spiro atoms. The van der Waals surface area contributed by atoms with Crippen LogP contribution in [0.1, 0.15) is 61.0 Å². The Bertz CT molecular complexity index is 824. The average molecular weight is 665 g/mol. The Hall–Kier alpha value is -0.437. The van der Waals surface area contributed by atoms with Crippen LogP contribution in [0.3, 0.4) is 0 Å². The van der Waals surface area contributed by atoms with Crippen LogP contribution in [0.4, 0.5) is 0 Å². The predicted molar refractivity (Wildman–Crippen MR) is 178 cm³/mol. The molecule has 4 rings (SSSR count). The van der Waals surface area contributed by atoms with Gasteiger partial charge >= 0.3 is 26.2 Å². The van der Waals surface area contributed by atoms with E-state index in [0.717, 1.165) is 10.5 Å². The number of nitrogens with one attached hydrogen (secondary N) is 1. The minimum absolute atomic E-state index is 0. The average Bonchev–Trinajstić information content (AvgIpc) is 3.68. The van der Waals surface area contributed by atoms with Crippen LogP contribution < -0.4 is 0 Å². The van der Waals surface area contributed by atoms with Crippen LogP contribution in [0.2, 0.25) is 0 Å². The van der Waals surface area contributed by atoms with Gasteiger partial charge < -0.3 is 18.0 Å². The van der Waals surface area contributed by atoms with Crippen LogP contribution in [0, 0.1) is 75.7 Å². The van der Waals surface area contributed by atoms with Gasteiger partial charge in [-0.05, 0) is 120 Å². The molecule has 0 amide bonds.